The average Bonchev–Trinajstić information content (AvgIpc) is 2.69. The van der Waals surface area contributed by atoms with Crippen LogP contribution in [0.15, 0.2) is 34.7 Å². The number of hydrogen-bond acceptors (Lipinski definition) is 2. The fraction of sp³-hybridized carbons (Fsp3) is 0.214. The van der Waals surface area contributed by atoms with Crippen LogP contribution in [0.5, 0.6) is 0 Å². The summed E-state index contributed by atoms with van der Waals surface area (Å²) in [4.78, 5) is 11.9. The molecule has 1 aromatic heterocycles. The number of aryl methyl sites for hydroxylation is 2. The van der Waals surface area contributed by atoms with E-state index in [9.17, 15) is 4.79 Å². The van der Waals surface area contributed by atoms with Gasteiger partial charge >= 0.3 is 0 Å². The predicted molar refractivity (Wildman–Crippen MR) is 67.7 cm³/mol. The van der Waals surface area contributed by atoms with Crippen LogP contribution in [0.2, 0.25) is 5.02 Å². The Labute approximate surface area is 105 Å². The molecule has 0 N–H and O–H groups in total. The molecule has 2 aromatic rings. The van der Waals surface area contributed by atoms with Gasteiger partial charge in [0.05, 0.1) is 0 Å². The first-order valence-corrected chi connectivity index (χ1v) is 5.79. The fourth-order valence-corrected chi connectivity index (χ4v) is 1.94. The monoisotopic (exact) mass is 248 g/mol. The van der Waals surface area contributed by atoms with Crippen LogP contribution < -0.4 is 0 Å². The van der Waals surface area contributed by atoms with E-state index < -0.39 is 0 Å². The fourth-order valence-electron chi connectivity index (χ4n) is 1.64. The number of rotatable bonds is 3. The van der Waals surface area contributed by atoms with Gasteiger partial charge in [-0.25, -0.2) is 0 Å². The second-order valence-corrected chi connectivity index (χ2v) is 4.51. The van der Waals surface area contributed by atoms with Crippen molar-refractivity contribution in [3.63, 3.8) is 0 Å². The molecule has 0 saturated carbocycles. The van der Waals surface area contributed by atoms with Crippen LogP contribution in [0, 0.1) is 13.8 Å². The number of carbonyl (C=O) groups is 1. The largest absolute Gasteiger partial charge is 0.458 e. The summed E-state index contributed by atoms with van der Waals surface area (Å²) in [7, 11) is 0. The van der Waals surface area contributed by atoms with Crippen molar-refractivity contribution >= 4 is 17.4 Å². The molecule has 17 heavy (non-hydrogen) atoms. The third kappa shape index (κ3) is 2.77. The Morgan fingerprint density at radius 3 is 2.59 bits per heavy atom. The zero-order valence-electron chi connectivity index (χ0n) is 9.79. The molecule has 2 rings (SSSR count). The van der Waals surface area contributed by atoms with Crippen LogP contribution in [0.4, 0.5) is 0 Å². The summed E-state index contributed by atoms with van der Waals surface area (Å²) in [5, 5.41) is 0.627. The van der Waals surface area contributed by atoms with Gasteiger partial charge in [-0.1, -0.05) is 23.7 Å². The lowest BCUT2D eigenvalue weighted by Crippen LogP contribution is -2.02. The number of hydrogen-bond donors (Lipinski definition) is 0. The molecule has 0 fully saturated rings. The van der Waals surface area contributed by atoms with Gasteiger partial charge in [-0.05, 0) is 43.2 Å². The van der Waals surface area contributed by atoms with E-state index in [4.69, 9.17) is 16.0 Å². The normalized spacial score (nSPS) is 10.5. The van der Waals surface area contributed by atoms with Gasteiger partial charge in [0.25, 0.3) is 0 Å². The standard InChI is InChI=1S/C14H13ClO2/c1-9-3-5-11(12(15)7-9)8-13(16)14-6-4-10(2)17-14/h3-7H,8H2,1-2H3. The van der Waals surface area contributed by atoms with E-state index in [0.29, 0.717) is 10.8 Å². The molecule has 0 unspecified atom stereocenters. The summed E-state index contributed by atoms with van der Waals surface area (Å²) in [5.74, 6) is 1.08. The zero-order valence-corrected chi connectivity index (χ0v) is 10.5. The predicted octanol–water partition coefficient (Wildman–Crippen LogP) is 3.98. The van der Waals surface area contributed by atoms with E-state index >= 15 is 0 Å². The maximum Gasteiger partial charge on any atom is 0.202 e. The number of benzene rings is 1. The highest BCUT2D eigenvalue weighted by molar-refractivity contribution is 6.31. The summed E-state index contributed by atoms with van der Waals surface area (Å²) >= 11 is 6.08. The Morgan fingerprint density at radius 1 is 1.24 bits per heavy atom. The highest BCUT2D eigenvalue weighted by Gasteiger charge is 2.12. The molecule has 88 valence electrons. The molecule has 0 atom stereocenters. The quantitative estimate of drug-likeness (QED) is 0.770. The van der Waals surface area contributed by atoms with Crippen molar-refractivity contribution in [2.24, 2.45) is 0 Å². The highest BCUT2D eigenvalue weighted by atomic mass is 35.5. The molecule has 0 aliphatic heterocycles. The summed E-state index contributed by atoms with van der Waals surface area (Å²) in [6, 6.07) is 9.16. The van der Waals surface area contributed by atoms with E-state index in [1.54, 1.807) is 12.1 Å². The molecule has 0 radical (unpaired) electrons. The van der Waals surface area contributed by atoms with Crippen molar-refractivity contribution in [1.29, 1.82) is 0 Å². The van der Waals surface area contributed by atoms with Crippen LogP contribution in [0.25, 0.3) is 0 Å². The smallest absolute Gasteiger partial charge is 0.202 e. The van der Waals surface area contributed by atoms with Crippen molar-refractivity contribution in [2.45, 2.75) is 20.3 Å². The van der Waals surface area contributed by atoms with Crippen LogP contribution in [-0.4, -0.2) is 5.78 Å². The summed E-state index contributed by atoms with van der Waals surface area (Å²) in [5.41, 5.74) is 1.91. The Kier molecular flexibility index (Phi) is 3.34. The van der Waals surface area contributed by atoms with E-state index in [0.717, 1.165) is 16.9 Å². The molecule has 0 spiro atoms. The summed E-state index contributed by atoms with van der Waals surface area (Å²) in [6.45, 7) is 3.78. The van der Waals surface area contributed by atoms with Crippen LogP contribution >= 0.6 is 11.6 Å². The molecule has 2 nitrogen and oxygen atoms in total. The molecular weight excluding hydrogens is 236 g/mol. The Balaban J connectivity index is 2.18. The van der Waals surface area contributed by atoms with Gasteiger partial charge in [-0.2, -0.15) is 0 Å². The Morgan fingerprint density at radius 2 is 2.00 bits per heavy atom. The van der Waals surface area contributed by atoms with Gasteiger partial charge in [0.2, 0.25) is 5.78 Å². The lowest BCUT2D eigenvalue weighted by Gasteiger charge is -2.03. The topological polar surface area (TPSA) is 30.2 Å². The number of carbonyl (C=O) groups excluding carboxylic acids is 1. The molecule has 0 aliphatic rings. The van der Waals surface area contributed by atoms with Crippen molar-refractivity contribution in [3.05, 3.63) is 58.0 Å². The first-order valence-electron chi connectivity index (χ1n) is 5.41. The molecule has 0 amide bonds. The van der Waals surface area contributed by atoms with Crippen LogP contribution in [0.3, 0.4) is 0 Å². The lowest BCUT2D eigenvalue weighted by atomic mass is 10.1. The zero-order chi connectivity index (χ0) is 12.4. The van der Waals surface area contributed by atoms with Crippen molar-refractivity contribution in [3.8, 4) is 0 Å². The van der Waals surface area contributed by atoms with Crippen LogP contribution in [0.1, 0.15) is 27.4 Å². The molecular formula is C14H13ClO2. The minimum Gasteiger partial charge on any atom is -0.458 e. The first-order chi connectivity index (χ1) is 8.06. The second kappa shape index (κ2) is 4.76. The Hall–Kier alpha value is -1.54. The van der Waals surface area contributed by atoms with Crippen LogP contribution in [-0.2, 0) is 6.42 Å². The van der Waals surface area contributed by atoms with Crippen molar-refractivity contribution in [1.82, 2.24) is 0 Å². The third-order valence-electron chi connectivity index (χ3n) is 2.57. The van der Waals surface area contributed by atoms with E-state index in [1.807, 2.05) is 32.0 Å². The molecule has 3 heteroatoms. The number of Topliss-reactive ketones (excluding diaryl/α,β-unsaturated/α-hetero) is 1. The molecule has 1 aromatic carbocycles. The second-order valence-electron chi connectivity index (χ2n) is 4.11. The van der Waals surface area contributed by atoms with Crippen molar-refractivity contribution in [2.75, 3.05) is 0 Å². The number of halogens is 1. The van der Waals surface area contributed by atoms with Crippen molar-refractivity contribution < 1.29 is 9.21 Å². The average molecular weight is 249 g/mol. The van der Waals surface area contributed by atoms with Gasteiger partial charge in [0.15, 0.2) is 5.76 Å². The third-order valence-corrected chi connectivity index (χ3v) is 2.93. The van der Waals surface area contributed by atoms with E-state index in [1.165, 1.54) is 0 Å². The summed E-state index contributed by atoms with van der Waals surface area (Å²) < 4.78 is 5.29. The van der Waals surface area contributed by atoms with Gasteiger partial charge in [-0.3, -0.25) is 4.79 Å². The van der Waals surface area contributed by atoms with Gasteiger partial charge in [0.1, 0.15) is 5.76 Å². The maximum absolute atomic E-state index is 11.9. The molecule has 0 aliphatic carbocycles. The first kappa shape index (κ1) is 11.9. The number of furan rings is 1. The molecule has 0 bridgehead atoms. The SMILES string of the molecule is Cc1ccc(CC(=O)c2ccc(C)o2)c(Cl)c1. The van der Waals surface area contributed by atoms with Gasteiger partial charge in [0, 0.05) is 11.4 Å². The van der Waals surface area contributed by atoms with Gasteiger partial charge in [-0.15, -0.1) is 0 Å². The van der Waals surface area contributed by atoms with Gasteiger partial charge < -0.3 is 4.42 Å². The highest BCUT2D eigenvalue weighted by Crippen LogP contribution is 2.20. The number of ketones is 1. The molecule has 1 heterocycles. The summed E-state index contributed by atoms with van der Waals surface area (Å²) in [6.07, 6.45) is 0.270. The molecule has 0 saturated heterocycles. The minimum absolute atomic E-state index is 0.0520. The maximum atomic E-state index is 11.9. The lowest BCUT2D eigenvalue weighted by molar-refractivity contribution is 0.0965. The van der Waals surface area contributed by atoms with E-state index in [-0.39, 0.29) is 12.2 Å². The minimum atomic E-state index is -0.0520. The Bertz CT molecular complexity index is 555. The van der Waals surface area contributed by atoms with E-state index in [2.05, 4.69) is 0 Å².